The molecule has 0 bridgehead atoms. The molecule has 1 atom stereocenters. The summed E-state index contributed by atoms with van der Waals surface area (Å²) in [5.41, 5.74) is 7.17. The van der Waals surface area contributed by atoms with Gasteiger partial charge < -0.3 is 5.73 Å². The molecule has 0 aliphatic heterocycles. The molecule has 18 heavy (non-hydrogen) atoms. The summed E-state index contributed by atoms with van der Waals surface area (Å²) in [4.78, 5) is 5.52. The molecular weight excluding hydrogens is 308 g/mol. The molecule has 0 saturated heterocycles. The molecule has 1 heterocycles. The number of hydrogen-bond donors (Lipinski definition) is 1. The van der Waals surface area contributed by atoms with Crippen LogP contribution in [0.4, 0.5) is 0 Å². The topological polar surface area (TPSA) is 38.9 Å². The minimum atomic E-state index is 0.134. The Kier molecular flexibility index (Phi) is 4.80. The van der Waals surface area contributed by atoms with Crippen molar-refractivity contribution in [2.45, 2.75) is 29.3 Å². The van der Waals surface area contributed by atoms with Gasteiger partial charge in [-0.15, -0.1) is 0 Å². The Labute approximate surface area is 120 Å². The summed E-state index contributed by atoms with van der Waals surface area (Å²) in [6.45, 7) is 2.10. The van der Waals surface area contributed by atoms with E-state index >= 15 is 0 Å². The summed E-state index contributed by atoms with van der Waals surface area (Å²) in [5, 5.41) is 0.991. The van der Waals surface area contributed by atoms with Gasteiger partial charge in [-0.2, -0.15) is 0 Å². The molecule has 4 heteroatoms. The lowest BCUT2D eigenvalue weighted by molar-refractivity contribution is 0.698. The van der Waals surface area contributed by atoms with E-state index in [4.69, 9.17) is 5.73 Å². The summed E-state index contributed by atoms with van der Waals surface area (Å²) >= 11 is 5.03. The minimum Gasteiger partial charge on any atom is -0.324 e. The number of benzene rings is 1. The lowest BCUT2D eigenvalue weighted by Gasteiger charge is -2.09. The molecule has 0 fully saturated rings. The van der Waals surface area contributed by atoms with E-state index in [2.05, 4.69) is 52.1 Å². The molecular formula is C14H15BrN2S. The smallest absolute Gasteiger partial charge is 0.101 e. The second kappa shape index (κ2) is 6.36. The third-order valence-electron chi connectivity index (χ3n) is 2.67. The van der Waals surface area contributed by atoms with Crippen LogP contribution in [0.3, 0.4) is 0 Å². The summed E-state index contributed by atoms with van der Waals surface area (Å²) in [6.07, 6.45) is 2.77. The van der Waals surface area contributed by atoms with Crippen LogP contribution < -0.4 is 5.73 Å². The van der Waals surface area contributed by atoms with Gasteiger partial charge in [-0.3, -0.25) is 0 Å². The van der Waals surface area contributed by atoms with Crippen molar-refractivity contribution in [3.63, 3.8) is 0 Å². The molecule has 2 aromatic rings. The van der Waals surface area contributed by atoms with Crippen molar-refractivity contribution in [1.29, 1.82) is 0 Å². The number of hydrogen-bond acceptors (Lipinski definition) is 3. The van der Waals surface area contributed by atoms with Gasteiger partial charge >= 0.3 is 0 Å². The van der Waals surface area contributed by atoms with Crippen LogP contribution in [0, 0.1) is 0 Å². The van der Waals surface area contributed by atoms with Gasteiger partial charge in [0.2, 0.25) is 0 Å². The van der Waals surface area contributed by atoms with Crippen molar-refractivity contribution in [1.82, 2.24) is 4.98 Å². The molecule has 94 valence electrons. The largest absolute Gasteiger partial charge is 0.324 e. The maximum atomic E-state index is 5.99. The maximum absolute atomic E-state index is 5.99. The van der Waals surface area contributed by atoms with Gasteiger partial charge in [0.15, 0.2) is 0 Å². The van der Waals surface area contributed by atoms with Gasteiger partial charge in [-0.05, 0) is 52.2 Å². The van der Waals surface area contributed by atoms with Crippen LogP contribution in [0.25, 0.3) is 0 Å². The summed E-state index contributed by atoms with van der Waals surface area (Å²) < 4.78 is 0.996. The second-order valence-electron chi connectivity index (χ2n) is 4.00. The molecule has 2 nitrogen and oxygen atoms in total. The maximum Gasteiger partial charge on any atom is 0.101 e. The van der Waals surface area contributed by atoms with E-state index in [1.54, 1.807) is 11.8 Å². The lowest BCUT2D eigenvalue weighted by atomic mass is 10.1. The van der Waals surface area contributed by atoms with Crippen molar-refractivity contribution in [3.8, 4) is 0 Å². The molecule has 0 aliphatic carbocycles. The van der Waals surface area contributed by atoms with E-state index in [1.807, 2.05) is 18.3 Å². The molecule has 0 saturated carbocycles. The Balaban J connectivity index is 2.08. The fraction of sp³-hybridized carbons (Fsp3) is 0.214. The Morgan fingerprint density at radius 1 is 1.22 bits per heavy atom. The van der Waals surface area contributed by atoms with Gasteiger partial charge in [-0.25, -0.2) is 4.98 Å². The Hall–Kier alpha value is -0.840. The Bertz CT molecular complexity index is 496. The molecule has 0 aliphatic rings. The lowest BCUT2D eigenvalue weighted by Crippen LogP contribution is -2.07. The van der Waals surface area contributed by atoms with Gasteiger partial charge in [0.05, 0.1) is 0 Å². The van der Waals surface area contributed by atoms with Crippen molar-refractivity contribution >= 4 is 27.7 Å². The van der Waals surface area contributed by atoms with Gasteiger partial charge in [0.25, 0.3) is 0 Å². The normalized spacial score (nSPS) is 12.4. The average molecular weight is 323 g/mol. The van der Waals surface area contributed by atoms with Gasteiger partial charge in [-0.1, -0.05) is 30.8 Å². The minimum absolute atomic E-state index is 0.134. The standard InChI is InChI=1S/C14H15BrN2S/c1-2-13(16)10-3-6-12(7-4-10)18-14-8-5-11(15)9-17-14/h3-9,13H,2,16H2,1H3/t13-/m1/s1. The number of aromatic nitrogens is 1. The molecule has 0 spiro atoms. The van der Waals surface area contributed by atoms with E-state index in [9.17, 15) is 0 Å². The zero-order valence-corrected chi connectivity index (χ0v) is 12.5. The highest BCUT2D eigenvalue weighted by Crippen LogP contribution is 2.27. The fourth-order valence-electron chi connectivity index (χ4n) is 1.56. The van der Waals surface area contributed by atoms with E-state index in [-0.39, 0.29) is 6.04 Å². The van der Waals surface area contributed by atoms with Gasteiger partial charge in [0.1, 0.15) is 5.03 Å². The zero-order valence-electron chi connectivity index (χ0n) is 10.1. The first kappa shape index (κ1) is 13.6. The van der Waals surface area contributed by atoms with E-state index < -0.39 is 0 Å². The average Bonchev–Trinajstić information content (AvgIpc) is 2.41. The number of nitrogens with two attached hydrogens (primary N) is 1. The number of pyridine rings is 1. The monoisotopic (exact) mass is 322 g/mol. The number of rotatable bonds is 4. The predicted octanol–water partition coefficient (Wildman–Crippen LogP) is 4.41. The molecule has 0 unspecified atom stereocenters. The zero-order chi connectivity index (χ0) is 13.0. The molecule has 2 N–H and O–H groups in total. The molecule has 0 radical (unpaired) electrons. The first-order valence-corrected chi connectivity index (χ1v) is 7.45. The predicted molar refractivity (Wildman–Crippen MR) is 79.7 cm³/mol. The second-order valence-corrected chi connectivity index (χ2v) is 6.01. The number of nitrogens with zero attached hydrogens (tertiary/aromatic N) is 1. The highest BCUT2D eigenvalue weighted by molar-refractivity contribution is 9.10. The first-order valence-electron chi connectivity index (χ1n) is 5.84. The van der Waals surface area contributed by atoms with Gasteiger partial charge in [0, 0.05) is 21.6 Å². The molecule has 1 aromatic heterocycles. The molecule has 0 amide bonds. The van der Waals surface area contributed by atoms with Crippen molar-refractivity contribution in [3.05, 3.63) is 52.6 Å². The Morgan fingerprint density at radius 3 is 2.50 bits per heavy atom. The third kappa shape index (κ3) is 3.57. The van der Waals surface area contributed by atoms with E-state index in [0.29, 0.717) is 0 Å². The Morgan fingerprint density at radius 2 is 1.94 bits per heavy atom. The van der Waals surface area contributed by atoms with Crippen molar-refractivity contribution < 1.29 is 0 Å². The highest BCUT2D eigenvalue weighted by Gasteiger charge is 2.04. The first-order chi connectivity index (χ1) is 8.69. The summed E-state index contributed by atoms with van der Waals surface area (Å²) in [7, 11) is 0. The van der Waals surface area contributed by atoms with Crippen LogP contribution in [0.1, 0.15) is 24.9 Å². The number of halogens is 1. The molecule has 1 aromatic carbocycles. The van der Waals surface area contributed by atoms with E-state index in [0.717, 1.165) is 15.9 Å². The van der Waals surface area contributed by atoms with Crippen molar-refractivity contribution in [2.24, 2.45) is 5.73 Å². The summed E-state index contributed by atoms with van der Waals surface area (Å²) in [5.74, 6) is 0. The summed E-state index contributed by atoms with van der Waals surface area (Å²) in [6, 6.07) is 12.5. The van der Waals surface area contributed by atoms with E-state index in [1.165, 1.54) is 10.5 Å². The van der Waals surface area contributed by atoms with Crippen LogP contribution in [-0.4, -0.2) is 4.98 Å². The van der Waals surface area contributed by atoms with Crippen LogP contribution >= 0.6 is 27.7 Å². The van der Waals surface area contributed by atoms with Crippen LogP contribution in [0.5, 0.6) is 0 Å². The van der Waals surface area contributed by atoms with Crippen LogP contribution in [0.2, 0.25) is 0 Å². The SMILES string of the molecule is CC[C@@H](N)c1ccc(Sc2ccc(Br)cn2)cc1. The van der Waals surface area contributed by atoms with Crippen LogP contribution in [0.15, 0.2) is 57.0 Å². The van der Waals surface area contributed by atoms with Crippen LogP contribution in [-0.2, 0) is 0 Å². The highest BCUT2D eigenvalue weighted by atomic mass is 79.9. The fourth-order valence-corrected chi connectivity index (χ4v) is 2.55. The quantitative estimate of drug-likeness (QED) is 0.906. The third-order valence-corrected chi connectivity index (χ3v) is 4.10. The molecule has 2 rings (SSSR count). The van der Waals surface area contributed by atoms with Crippen molar-refractivity contribution in [2.75, 3.05) is 0 Å².